The zero-order valence-electron chi connectivity index (χ0n) is 11.5. The molecule has 1 aromatic carbocycles. The molecule has 1 saturated heterocycles. The van der Waals surface area contributed by atoms with Gasteiger partial charge in [-0.05, 0) is 17.5 Å². The maximum Gasteiger partial charge on any atom is 0.407 e. The fourth-order valence-corrected chi connectivity index (χ4v) is 3.06. The number of amides is 1. The van der Waals surface area contributed by atoms with Crippen LogP contribution < -0.4 is 0 Å². The number of carboxylic acid groups (broad SMARTS) is 1. The second kappa shape index (κ2) is 5.81. The fraction of sp³-hybridized carbons (Fsp3) is 0.533. The second-order valence-electron chi connectivity index (χ2n) is 5.45. The highest BCUT2D eigenvalue weighted by Gasteiger charge is 2.31. The zero-order valence-corrected chi connectivity index (χ0v) is 11.5. The van der Waals surface area contributed by atoms with Crippen LogP contribution in [0.2, 0.25) is 0 Å². The van der Waals surface area contributed by atoms with E-state index in [0.717, 1.165) is 44.8 Å². The summed E-state index contributed by atoms with van der Waals surface area (Å²) in [6.07, 6.45) is -0.0161. The molecule has 0 aliphatic carbocycles. The summed E-state index contributed by atoms with van der Waals surface area (Å²) in [5.74, 6) is 0. The van der Waals surface area contributed by atoms with Crippen LogP contribution in [0.25, 0.3) is 0 Å². The van der Waals surface area contributed by atoms with Gasteiger partial charge < -0.3 is 9.84 Å². The smallest absolute Gasteiger partial charge is 0.407 e. The van der Waals surface area contributed by atoms with Crippen molar-refractivity contribution < 1.29 is 14.6 Å². The van der Waals surface area contributed by atoms with Crippen LogP contribution in [0.1, 0.15) is 11.1 Å². The molecule has 0 unspecified atom stereocenters. The molecule has 1 fully saturated rings. The van der Waals surface area contributed by atoms with Crippen molar-refractivity contribution in [1.82, 2.24) is 9.80 Å². The Bertz CT molecular complexity index is 486. The Morgan fingerprint density at radius 3 is 2.65 bits per heavy atom. The standard InChI is InChI=1S/C15H20N2O3/c18-15(19)17-10-13-4-2-1-3-12(13)9-14(17)11-16-5-7-20-8-6-16/h1-4,14H,5-11H2,(H,18,19)/t14-/m0/s1. The van der Waals surface area contributed by atoms with Gasteiger partial charge in [0.2, 0.25) is 0 Å². The molecule has 20 heavy (non-hydrogen) atoms. The minimum atomic E-state index is -0.822. The SMILES string of the molecule is O=C(O)N1Cc2ccccc2C[C@H]1CN1CCOCC1. The molecular formula is C15H20N2O3. The lowest BCUT2D eigenvalue weighted by Gasteiger charge is -2.38. The first-order valence-electron chi connectivity index (χ1n) is 7.10. The van der Waals surface area contributed by atoms with E-state index in [2.05, 4.69) is 11.0 Å². The van der Waals surface area contributed by atoms with Gasteiger partial charge >= 0.3 is 6.09 Å². The zero-order chi connectivity index (χ0) is 13.9. The topological polar surface area (TPSA) is 53.0 Å². The van der Waals surface area contributed by atoms with E-state index in [1.54, 1.807) is 4.90 Å². The van der Waals surface area contributed by atoms with Crippen molar-refractivity contribution in [3.8, 4) is 0 Å². The van der Waals surface area contributed by atoms with Crippen LogP contribution in [0.15, 0.2) is 24.3 Å². The lowest BCUT2D eigenvalue weighted by molar-refractivity contribution is 0.0211. The summed E-state index contributed by atoms with van der Waals surface area (Å²) in [5.41, 5.74) is 2.41. The van der Waals surface area contributed by atoms with Gasteiger partial charge in [-0.2, -0.15) is 0 Å². The number of hydrogen-bond donors (Lipinski definition) is 1. The van der Waals surface area contributed by atoms with Gasteiger partial charge in [0.25, 0.3) is 0 Å². The molecule has 0 bridgehead atoms. The normalized spacial score (nSPS) is 23.4. The molecule has 0 aromatic heterocycles. The minimum absolute atomic E-state index is 0.0421. The van der Waals surface area contributed by atoms with Crippen molar-refractivity contribution in [3.05, 3.63) is 35.4 Å². The third-order valence-electron chi connectivity index (χ3n) is 4.17. The van der Waals surface area contributed by atoms with Gasteiger partial charge in [-0.1, -0.05) is 24.3 Å². The molecule has 5 nitrogen and oxygen atoms in total. The van der Waals surface area contributed by atoms with Crippen LogP contribution >= 0.6 is 0 Å². The highest BCUT2D eigenvalue weighted by Crippen LogP contribution is 2.24. The van der Waals surface area contributed by atoms with Crippen molar-refractivity contribution in [3.63, 3.8) is 0 Å². The quantitative estimate of drug-likeness (QED) is 0.887. The molecule has 1 amide bonds. The van der Waals surface area contributed by atoms with Gasteiger partial charge in [-0.15, -0.1) is 0 Å². The lowest BCUT2D eigenvalue weighted by Crippen LogP contribution is -2.51. The molecule has 108 valence electrons. The van der Waals surface area contributed by atoms with Crippen LogP contribution in [0.3, 0.4) is 0 Å². The Morgan fingerprint density at radius 1 is 1.25 bits per heavy atom. The fourth-order valence-electron chi connectivity index (χ4n) is 3.06. The van der Waals surface area contributed by atoms with Crippen LogP contribution in [0, 0.1) is 0 Å². The molecule has 0 saturated carbocycles. The predicted molar refractivity (Wildman–Crippen MR) is 74.8 cm³/mol. The van der Waals surface area contributed by atoms with Gasteiger partial charge in [0, 0.05) is 26.2 Å². The van der Waals surface area contributed by atoms with Crippen LogP contribution in [-0.4, -0.2) is 59.9 Å². The van der Waals surface area contributed by atoms with E-state index in [1.165, 1.54) is 5.56 Å². The summed E-state index contributed by atoms with van der Waals surface area (Å²) in [4.78, 5) is 15.4. The molecule has 1 N–H and O–H groups in total. The number of morpholine rings is 1. The van der Waals surface area contributed by atoms with Gasteiger partial charge in [0.1, 0.15) is 0 Å². The maximum atomic E-state index is 11.5. The molecule has 1 atom stereocenters. The monoisotopic (exact) mass is 276 g/mol. The highest BCUT2D eigenvalue weighted by atomic mass is 16.5. The summed E-state index contributed by atoms with van der Waals surface area (Å²) < 4.78 is 5.35. The number of ether oxygens (including phenoxy) is 1. The van der Waals surface area contributed by atoms with Crippen LogP contribution in [0.4, 0.5) is 4.79 Å². The average Bonchev–Trinajstić information content (AvgIpc) is 2.47. The second-order valence-corrected chi connectivity index (χ2v) is 5.45. The van der Waals surface area contributed by atoms with E-state index in [-0.39, 0.29) is 6.04 Å². The molecule has 3 rings (SSSR count). The van der Waals surface area contributed by atoms with E-state index in [1.807, 2.05) is 18.2 Å². The molecule has 2 heterocycles. The van der Waals surface area contributed by atoms with E-state index in [4.69, 9.17) is 4.74 Å². The Kier molecular flexibility index (Phi) is 3.89. The van der Waals surface area contributed by atoms with E-state index < -0.39 is 6.09 Å². The largest absolute Gasteiger partial charge is 0.465 e. The number of rotatable bonds is 2. The first-order chi connectivity index (χ1) is 9.74. The van der Waals surface area contributed by atoms with Gasteiger partial charge in [-0.3, -0.25) is 9.80 Å². The van der Waals surface area contributed by atoms with Gasteiger partial charge in [0.05, 0.1) is 19.3 Å². The molecule has 0 spiro atoms. The number of hydrogen-bond acceptors (Lipinski definition) is 3. The Hall–Kier alpha value is -1.59. The molecule has 0 radical (unpaired) electrons. The van der Waals surface area contributed by atoms with Crippen molar-refractivity contribution in [2.24, 2.45) is 0 Å². The Balaban J connectivity index is 1.75. The summed E-state index contributed by atoms with van der Waals surface area (Å²) in [6, 6.07) is 8.18. The summed E-state index contributed by atoms with van der Waals surface area (Å²) >= 11 is 0. The van der Waals surface area contributed by atoms with E-state index in [0.29, 0.717) is 6.54 Å². The Morgan fingerprint density at radius 2 is 1.95 bits per heavy atom. The third-order valence-corrected chi connectivity index (χ3v) is 4.17. The summed E-state index contributed by atoms with van der Waals surface area (Å²) in [5, 5.41) is 9.45. The van der Waals surface area contributed by atoms with Crippen molar-refractivity contribution >= 4 is 6.09 Å². The first kappa shape index (κ1) is 13.4. The number of benzene rings is 1. The molecule has 1 aromatic rings. The molecule has 5 heteroatoms. The maximum absolute atomic E-state index is 11.5. The predicted octanol–water partition coefficient (Wildman–Crippen LogP) is 1.42. The average molecular weight is 276 g/mol. The van der Waals surface area contributed by atoms with E-state index >= 15 is 0 Å². The Labute approximate surface area is 118 Å². The first-order valence-corrected chi connectivity index (χ1v) is 7.10. The lowest BCUT2D eigenvalue weighted by atomic mass is 9.94. The van der Waals surface area contributed by atoms with Gasteiger partial charge in [-0.25, -0.2) is 4.79 Å². The van der Waals surface area contributed by atoms with Crippen molar-refractivity contribution in [2.75, 3.05) is 32.8 Å². The highest BCUT2D eigenvalue weighted by molar-refractivity contribution is 5.66. The van der Waals surface area contributed by atoms with E-state index in [9.17, 15) is 9.90 Å². The minimum Gasteiger partial charge on any atom is -0.465 e. The summed E-state index contributed by atoms with van der Waals surface area (Å²) in [6.45, 7) is 4.58. The molecule has 2 aliphatic rings. The van der Waals surface area contributed by atoms with Gasteiger partial charge in [0.15, 0.2) is 0 Å². The van der Waals surface area contributed by atoms with Crippen molar-refractivity contribution in [1.29, 1.82) is 0 Å². The third kappa shape index (κ3) is 2.78. The molecular weight excluding hydrogens is 256 g/mol. The van der Waals surface area contributed by atoms with Crippen molar-refractivity contribution in [2.45, 2.75) is 19.0 Å². The summed E-state index contributed by atoms with van der Waals surface area (Å²) in [7, 11) is 0. The van der Waals surface area contributed by atoms with Crippen LogP contribution in [0.5, 0.6) is 0 Å². The van der Waals surface area contributed by atoms with Crippen LogP contribution in [-0.2, 0) is 17.7 Å². The number of nitrogens with zero attached hydrogens (tertiary/aromatic N) is 2. The number of carbonyl (C=O) groups is 1. The molecule has 2 aliphatic heterocycles. The number of fused-ring (bicyclic) bond motifs is 1.